The van der Waals surface area contributed by atoms with Gasteiger partial charge in [0.1, 0.15) is 18.1 Å². The van der Waals surface area contributed by atoms with E-state index in [1.54, 1.807) is 62.6 Å². The number of rotatable bonds is 8. The Morgan fingerprint density at radius 1 is 1.08 bits per heavy atom. The number of hydrogen-bond acceptors (Lipinski definition) is 4. The van der Waals surface area contributed by atoms with E-state index in [9.17, 15) is 9.18 Å². The van der Waals surface area contributed by atoms with Crippen molar-refractivity contribution in [3.8, 4) is 17.2 Å². The van der Waals surface area contributed by atoms with E-state index in [1.807, 2.05) is 0 Å². The van der Waals surface area contributed by atoms with E-state index in [0.717, 1.165) is 5.56 Å². The summed E-state index contributed by atoms with van der Waals surface area (Å²) in [5.41, 5.74) is 0.744. The molecule has 0 atom stereocenters. The lowest BCUT2D eigenvalue weighted by Crippen LogP contribution is -2.32. The maximum Gasteiger partial charge on any atom is 0.226 e. The molecule has 0 aromatic heterocycles. The monoisotopic (exact) mass is 347 g/mol. The highest BCUT2D eigenvalue weighted by atomic mass is 19.1. The Morgan fingerprint density at radius 2 is 1.84 bits per heavy atom. The van der Waals surface area contributed by atoms with Crippen LogP contribution >= 0.6 is 0 Å². The molecule has 0 fully saturated rings. The fraction of sp³-hybridized carbons (Fsp3) is 0.316. The summed E-state index contributed by atoms with van der Waals surface area (Å²) in [6.07, 6.45) is 0.177. The minimum atomic E-state index is -0.419. The Morgan fingerprint density at radius 3 is 2.52 bits per heavy atom. The van der Waals surface area contributed by atoms with Crippen LogP contribution in [0.3, 0.4) is 0 Å². The molecule has 0 saturated carbocycles. The van der Waals surface area contributed by atoms with Crippen LogP contribution in [-0.4, -0.2) is 45.2 Å². The lowest BCUT2D eigenvalue weighted by atomic mass is 10.1. The van der Waals surface area contributed by atoms with Crippen LogP contribution in [0.4, 0.5) is 4.39 Å². The van der Waals surface area contributed by atoms with Gasteiger partial charge in [0.05, 0.1) is 27.2 Å². The summed E-state index contributed by atoms with van der Waals surface area (Å²) in [5.74, 6) is 0.957. The highest BCUT2D eigenvalue weighted by Gasteiger charge is 2.14. The number of carbonyl (C=O) groups is 1. The molecule has 0 aliphatic rings. The van der Waals surface area contributed by atoms with Gasteiger partial charge in [-0.1, -0.05) is 12.1 Å². The summed E-state index contributed by atoms with van der Waals surface area (Å²) in [6, 6.07) is 11.5. The highest BCUT2D eigenvalue weighted by Crippen LogP contribution is 2.24. The van der Waals surface area contributed by atoms with Crippen LogP contribution in [-0.2, 0) is 11.2 Å². The van der Waals surface area contributed by atoms with E-state index in [1.165, 1.54) is 6.07 Å². The predicted octanol–water partition coefficient (Wildman–Crippen LogP) is 2.92. The third-order valence-electron chi connectivity index (χ3n) is 3.78. The Balaban J connectivity index is 1.91. The van der Waals surface area contributed by atoms with Gasteiger partial charge in [-0.3, -0.25) is 4.79 Å². The van der Waals surface area contributed by atoms with E-state index in [-0.39, 0.29) is 24.7 Å². The number of halogens is 1. The minimum absolute atomic E-state index is 0.0938. The van der Waals surface area contributed by atoms with Crippen LogP contribution < -0.4 is 14.2 Å². The van der Waals surface area contributed by atoms with E-state index < -0.39 is 5.82 Å². The summed E-state index contributed by atoms with van der Waals surface area (Å²) in [7, 11) is 4.81. The molecule has 2 aromatic rings. The molecule has 0 unspecified atom stereocenters. The molecule has 0 radical (unpaired) electrons. The topological polar surface area (TPSA) is 48.0 Å². The number of methoxy groups -OCH3 is 2. The molecule has 0 heterocycles. The van der Waals surface area contributed by atoms with Crippen molar-refractivity contribution in [1.29, 1.82) is 0 Å². The van der Waals surface area contributed by atoms with Crippen LogP contribution in [0.15, 0.2) is 42.5 Å². The number of likely N-dealkylation sites (N-methyl/N-ethyl adjacent to an activating group) is 1. The van der Waals surface area contributed by atoms with E-state index in [0.29, 0.717) is 18.0 Å². The van der Waals surface area contributed by atoms with Crippen LogP contribution in [0.2, 0.25) is 0 Å². The highest BCUT2D eigenvalue weighted by molar-refractivity contribution is 5.79. The number of benzene rings is 2. The molecule has 25 heavy (non-hydrogen) atoms. The van der Waals surface area contributed by atoms with Gasteiger partial charge in [-0.25, -0.2) is 4.39 Å². The van der Waals surface area contributed by atoms with Gasteiger partial charge < -0.3 is 19.1 Å². The fourth-order valence-corrected chi connectivity index (χ4v) is 2.30. The van der Waals surface area contributed by atoms with Crippen molar-refractivity contribution in [1.82, 2.24) is 4.90 Å². The first-order chi connectivity index (χ1) is 12.0. The molecule has 0 saturated heterocycles. The molecule has 134 valence electrons. The summed E-state index contributed by atoms with van der Waals surface area (Å²) < 4.78 is 29.3. The molecular formula is C19H22FNO4. The zero-order valence-electron chi connectivity index (χ0n) is 14.6. The first-order valence-electron chi connectivity index (χ1n) is 7.87. The van der Waals surface area contributed by atoms with Crippen molar-refractivity contribution >= 4 is 5.91 Å². The first kappa shape index (κ1) is 18.6. The van der Waals surface area contributed by atoms with Crippen LogP contribution in [0, 0.1) is 5.82 Å². The lowest BCUT2D eigenvalue weighted by Gasteiger charge is -2.18. The zero-order valence-corrected chi connectivity index (χ0v) is 14.6. The van der Waals surface area contributed by atoms with Crippen LogP contribution in [0.5, 0.6) is 17.2 Å². The Bertz CT molecular complexity index is 720. The number of amides is 1. The number of hydrogen-bond donors (Lipinski definition) is 0. The van der Waals surface area contributed by atoms with Crippen molar-refractivity contribution < 1.29 is 23.4 Å². The molecule has 2 aromatic carbocycles. The molecule has 6 heteroatoms. The molecular weight excluding hydrogens is 325 g/mol. The van der Waals surface area contributed by atoms with Crippen molar-refractivity contribution in [3.63, 3.8) is 0 Å². The molecule has 1 amide bonds. The van der Waals surface area contributed by atoms with Crippen molar-refractivity contribution in [2.75, 3.05) is 34.4 Å². The van der Waals surface area contributed by atoms with Gasteiger partial charge in [0.2, 0.25) is 5.91 Å². The molecule has 0 N–H and O–H groups in total. The van der Waals surface area contributed by atoms with Gasteiger partial charge in [-0.15, -0.1) is 0 Å². The third-order valence-corrected chi connectivity index (χ3v) is 3.78. The summed E-state index contributed by atoms with van der Waals surface area (Å²) in [6.45, 7) is 0.553. The molecule has 0 aliphatic carbocycles. The van der Waals surface area contributed by atoms with Gasteiger partial charge in [0.25, 0.3) is 0 Å². The Hall–Kier alpha value is -2.76. The second kappa shape index (κ2) is 8.92. The minimum Gasteiger partial charge on any atom is -0.497 e. The number of nitrogens with zero attached hydrogens (tertiary/aromatic N) is 1. The van der Waals surface area contributed by atoms with Gasteiger partial charge in [-0.05, 0) is 30.3 Å². The van der Waals surface area contributed by atoms with Gasteiger partial charge in [-0.2, -0.15) is 0 Å². The fourth-order valence-electron chi connectivity index (χ4n) is 2.30. The van der Waals surface area contributed by atoms with Crippen LogP contribution in [0.25, 0.3) is 0 Å². The third kappa shape index (κ3) is 5.11. The largest absolute Gasteiger partial charge is 0.497 e. The second-order valence-electron chi connectivity index (χ2n) is 5.45. The number of ether oxygens (including phenoxy) is 3. The van der Waals surface area contributed by atoms with E-state index >= 15 is 0 Å². The first-order valence-corrected chi connectivity index (χ1v) is 7.87. The number of carbonyl (C=O) groups excluding carboxylic acids is 1. The normalized spacial score (nSPS) is 10.2. The van der Waals surface area contributed by atoms with Crippen LogP contribution in [0.1, 0.15) is 5.56 Å². The average Bonchev–Trinajstić information content (AvgIpc) is 2.63. The summed E-state index contributed by atoms with van der Waals surface area (Å²) >= 11 is 0. The maximum absolute atomic E-state index is 13.5. The Kier molecular flexibility index (Phi) is 6.62. The lowest BCUT2D eigenvalue weighted by molar-refractivity contribution is -0.129. The molecule has 0 spiro atoms. The van der Waals surface area contributed by atoms with Crippen molar-refractivity contribution in [2.45, 2.75) is 6.42 Å². The van der Waals surface area contributed by atoms with E-state index in [4.69, 9.17) is 14.2 Å². The van der Waals surface area contributed by atoms with Gasteiger partial charge in [0.15, 0.2) is 11.6 Å². The van der Waals surface area contributed by atoms with Crippen molar-refractivity contribution in [2.24, 2.45) is 0 Å². The quantitative estimate of drug-likeness (QED) is 0.737. The average molecular weight is 347 g/mol. The standard InChI is InChI=1S/C19H22FNO4/c1-21(10-11-25-18-7-5-4-6-16(18)20)19(22)13-14-12-15(23-2)8-9-17(14)24-3/h4-9,12H,10-11,13H2,1-3H3. The molecule has 0 bridgehead atoms. The van der Waals surface area contributed by atoms with Gasteiger partial charge >= 0.3 is 0 Å². The molecule has 5 nitrogen and oxygen atoms in total. The maximum atomic E-state index is 13.5. The van der Waals surface area contributed by atoms with E-state index in [2.05, 4.69) is 0 Å². The van der Waals surface area contributed by atoms with Crippen molar-refractivity contribution in [3.05, 3.63) is 53.8 Å². The zero-order chi connectivity index (χ0) is 18.2. The molecule has 2 rings (SSSR count). The summed E-state index contributed by atoms with van der Waals surface area (Å²) in [4.78, 5) is 13.9. The molecule has 0 aliphatic heterocycles. The SMILES string of the molecule is COc1ccc(OC)c(CC(=O)N(C)CCOc2ccccc2F)c1. The smallest absolute Gasteiger partial charge is 0.226 e. The predicted molar refractivity (Wildman–Crippen MR) is 92.8 cm³/mol. The Labute approximate surface area is 146 Å². The van der Waals surface area contributed by atoms with Gasteiger partial charge in [0, 0.05) is 12.6 Å². The number of para-hydroxylation sites is 1. The second-order valence-corrected chi connectivity index (χ2v) is 5.45. The summed E-state index contributed by atoms with van der Waals surface area (Å²) in [5, 5.41) is 0.